The predicted octanol–water partition coefficient (Wildman–Crippen LogP) is 4.30. The van der Waals surface area contributed by atoms with Gasteiger partial charge in [-0.2, -0.15) is 0 Å². The standard InChI is InChI=1S/C24H25NO3/c1-25-13-14-27-20-10-7-18(8-11-20)24-21-12-9-19(26)15-23(21)28-16-22(24)17-5-3-2-4-6-17/h2-12,15,22,24-26H,13-14,16H2,1H3/t22-,24-/m1/s1. The molecule has 1 heterocycles. The molecule has 2 atom stereocenters. The Morgan fingerprint density at radius 1 is 1.00 bits per heavy atom. The number of hydrogen-bond donors (Lipinski definition) is 2. The minimum atomic E-state index is 0.151. The molecule has 0 aromatic heterocycles. The Labute approximate surface area is 165 Å². The molecule has 1 aliphatic rings. The van der Waals surface area contributed by atoms with Gasteiger partial charge in [0.05, 0.1) is 6.61 Å². The summed E-state index contributed by atoms with van der Waals surface area (Å²) < 4.78 is 11.8. The number of aromatic hydroxyl groups is 1. The van der Waals surface area contributed by atoms with Gasteiger partial charge < -0.3 is 19.9 Å². The fourth-order valence-corrected chi connectivity index (χ4v) is 3.84. The molecule has 3 aromatic rings. The summed E-state index contributed by atoms with van der Waals surface area (Å²) in [4.78, 5) is 0. The van der Waals surface area contributed by atoms with Gasteiger partial charge >= 0.3 is 0 Å². The van der Waals surface area contributed by atoms with E-state index in [0.717, 1.165) is 23.6 Å². The van der Waals surface area contributed by atoms with E-state index in [-0.39, 0.29) is 17.6 Å². The molecule has 28 heavy (non-hydrogen) atoms. The number of ether oxygens (including phenoxy) is 2. The van der Waals surface area contributed by atoms with Crippen molar-refractivity contribution in [1.29, 1.82) is 0 Å². The van der Waals surface area contributed by atoms with E-state index in [1.54, 1.807) is 12.1 Å². The Balaban J connectivity index is 1.69. The van der Waals surface area contributed by atoms with Crippen molar-refractivity contribution in [1.82, 2.24) is 5.32 Å². The van der Waals surface area contributed by atoms with Gasteiger partial charge in [0, 0.05) is 30.0 Å². The molecule has 0 amide bonds. The number of likely N-dealkylation sites (N-methyl/N-ethyl adjacent to an activating group) is 1. The predicted molar refractivity (Wildman–Crippen MR) is 110 cm³/mol. The van der Waals surface area contributed by atoms with Gasteiger partial charge in [-0.1, -0.05) is 48.5 Å². The summed E-state index contributed by atoms with van der Waals surface area (Å²) in [5.41, 5.74) is 3.56. The Morgan fingerprint density at radius 2 is 1.79 bits per heavy atom. The average Bonchev–Trinajstić information content (AvgIpc) is 2.74. The van der Waals surface area contributed by atoms with Gasteiger partial charge in [-0.15, -0.1) is 0 Å². The minimum Gasteiger partial charge on any atom is -0.508 e. The highest BCUT2D eigenvalue weighted by Gasteiger charge is 2.33. The van der Waals surface area contributed by atoms with Crippen molar-refractivity contribution in [3.63, 3.8) is 0 Å². The molecule has 0 spiro atoms. The molecule has 1 aliphatic heterocycles. The molecule has 4 rings (SSSR count). The Bertz CT molecular complexity index is 909. The largest absolute Gasteiger partial charge is 0.508 e. The molecule has 2 N–H and O–H groups in total. The van der Waals surface area contributed by atoms with E-state index in [9.17, 15) is 5.11 Å². The van der Waals surface area contributed by atoms with Crippen molar-refractivity contribution >= 4 is 0 Å². The molecule has 144 valence electrons. The molecule has 3 aromatic carbocycles. The van der Waals surface area contributed by atoms with Crippen LogP contribution in [0.2, 0.25) is 0 Å². The van der Waals surface area contributed by atoms with Crippen LogP contribution in [0.15, 0.2) is 72.8 Å². The van der Waals surface area contributed by atoms with Crippen LogP contribution in [-0.2, 0) is 0 Å². The smallest absolute Gasteiger partial charge is 0.126 e. The van der Waals surface area contributed by atoms with E-state index in [2.05, 4.69) is 41.7 Å². The summed E-state index contributed by atoms with van der Waals surface area (Å²) in [6.45, 7) is 2.03. The molecule has 0 bridgehead atoms. The number of phenolic OH excluding ortho intramolecular Hbond substituents is 1. The third kappa shape index (κ3) is 3.82. The SMILES string of the molecule is CNCCOc1ccc([C@@H]2c3ccc(O)cc3OC[C@@H]2c2ccccc2)cc1. The van der Waals surface area contributed by atoms with Gasteiger partial charge in [-0.3, -0.25) is 0 Å². The summed E-state index contributed by atoms with van der Waals surface area (Å²) in [7, 11) is 1.91. The lowest BCUT2D eigenvalue weighted by Crippen LogP contribution is -2.25. The van der Waals surface area contributed by atoms with Gasteiger partial charge in [0.1, 0.15) is 23.9 Å². The van der Waals surface area contributed by atoms with Gasteiger partial charge in [0.15, 0.2) is 0 Å². The monoisotopic (exact) mass is 375 g/mol. The lowest BCUT2D eigenvalue weighted by Gasteiger charge is -2.34. The zero-order valence-electron chi connectivity index (χ0n) is 16.0. The highest BCUT2D eigenvalue weighted by atomic mass is 16.5. The molecule has 4 nitrogen and oxygen atoms in total. The van der Waals surface area contributed by atoms with Crippen LogP contribution >= 0.6 is 0 Å². The van der Waals surface area contributed by atoms with E-state index in [1.165, 1.54) is 11.1 Å². The molecule has 0 saturated carbocycles. The number of hydrogen-bond acceptors (Lipinski definition) is 4. The zero-order chi connectivity index (χ0) is 19.3. The van der Waals surface area contributed by atoms with Crippen molar-refractivity contribution < 1.29 is 14.6 Å². The first-order chi connectivity index (χ1) is 13.8. The van der Waals surface area contributed by atoms with Crippen molar-refractivity contribution in [3.8, 4) is 17.2 Å². The second-order valence-corrected chi connectivity index (χ2v) is 7.05. The second kappa shape index (κ2) is 8.36. The van der Waals surface area contributed by atoms with E-state index in [1.807, 2.05) is 31.3 Å². The molecule has 0 unspecified atom stereocenters. The molecule has 0 radical (unpaired) electrons. The number of nitrogens with one attached hydrogen (secondary N) is 1. The molecular formula is C24H25NO3. The second-order valence-electron chi connectivity index (χ2n) is 7.05. The van der Waals surface area contributed by atoms with Crippen LogP contribution in [0.1, 0.15) is 28.5 Å². The van der Waals surface area contributed by atoms with Crippen LogP contribution in [0.25, 0.3) is 0 Å². The first kappa shape index (κ1) is 18.4. The quantitative estimate of drug-likeness (QED) is 0.631. The molecular weight excluding hydrogens is 350 g/mol. The van der Waals surface area contributed by atoms with Gasteiger partial charge in [-0.25, -0.2) is 0 Å². The number of benzene rings is 3. The Morgan fingerprint density at radius 3 is 2.54 bits per heavy atom. The first-order valence-electron chi connectivity index (χ1n) is 9.64. The van der Waals surface area contributed by atoms with E-state index >= 15 is 0 Å². The van der Waals surface area contributed by atoms with Crippen LogP contribution in [0.5, 0.6) is 17.2 Å². The van der Waals surface area contributed by atoms with Gasteiger partial charge in [-0.05, 0) is 36.4 Å². The molecule has 0 aliphatic carbocycles. The van der Waals surface area contributed by atoms with Crippen molar-refractivity contribution in [2.75, 3.05) is 26.8 Å². The third-order valence-electron chi connectivity index (χ3n) is 5.24. The lowest BCUT2D eigenvalue weighted by molar-refractivity contribution is 0.247. The summed E-state index contributed by atoms with van der Waals surface area (Å²) >= 11 is 0. The van der Waals surface area contributed by atoms with Gasteiger partial charge in [0.2, 0.25) is 0 Å². The summed E-state index contributed by atoms with van der Waals surface area (Å²) in [5.74, 6) is 2.20. The summed E-state index contributed by atoms with van der Waals surface area (Å²) in [6.07, 6.45) is 0. The summed E-state index contributed by atoms with van der Waals surface area (Å²) in [6, 6.07) is 24.2. The average molecular weight is 375 g/mol. The first-order valence-corrected chi connectivity index (χ1v) is 9.64. The van der Waals surface area contributed by atoms with Crippen LogP contribution < -0.4 is 14.8 Å². The van der Waals surface area contributed by atoms with E-state index in [0.29, 0.717) is 13.2 Å². The highest BCUT2D eigenvalue weighted by Crippen LogP contribution is 2.47. The molecule has 0 saturated heterocycles. The van der Waals surface area contributed by atoms with E-state index < -0.39 is 0 Å². The highest BCUT2D eigenvalue weighted by molar-refractivity contribution is 5.50. The maximum atomic E-state index is 9.87. The van der Waals surface area contributed by atoms with Crippen molar-refractivity contribution in [2.45, 2.75) is 11.8 Å². The molecule has 0 fully saturated rings. The maximum absolute atomic E-state index is 9.87. The van der Waals surface area contributed by atoms with Crippen molar-refractivity contribution in [3.05, 3.63) is 89.5 Å². The zero-order valence-corrected chi connectivity index (χ0v) is 16.0. The van der Waals surface area contributed by atoms with Crippen LogP contribution in [0.3, 0.4) is 0 Å². The lowest BCUT2D eigenvalue weighted by atomic mass is 9.76. The normalized spacial score (nSPS) is 18.2. The van der Waals surface area contributed by atoms with Crippen LogP contribution in [0, 0.1) is 0 Å². The molecule has 4 heteroatoms. The number of fused-ring (bicyclic) bond motifs is 1. The summed E-state index contributed by atoms with van der Waals surface area (Å²) in [5, 5.41) is 12.9. The maximum Gasteiger partial charge on any atom is 0.126 e. The Kier molecular flexibility index (Phi) is 5.49. The third-order valence-corrected chi connectivity index (χ3v) is 5.24. The fourth-order valence-electron chi connectivity index (χ4n) is 3.84. The minimum absolute atomic E-state index is 0.151. The Hall–Kier alpha value is -2.98. The topological polar surface area (TPSA) is 50.7 Å². The van der Waals surface area contributed by atoms with Crippen LogP contribution in [0.4, 0.5) is 0 Å². The van der Waals surface area contributed by atoms with Crippen LogP contribution in [-0.4, -0.2) is 31.9 Å². The fraction of sp³-hybridized carbons (Fsp3) is 0.250. The van der Waals surface area contributed by atoms with Crippen molar-refractivity contribution in [2.24, 2.45) is 0 Å². The van der Waals surface area contributed by atoms with E-state index in [4.69, 9.17) is 9.47 Å². The van der Waals surface area contributed by atoms with Gasteiger partial charge in [0.25, 0.3) is 0 Å². The number of rotatable bonds is 6. The number of phenols is 1.